The van der Waals surface area contributed by atoms with Gasteiger partial charge in [-0.2, -0.15) is 4.31 Å². The van der Waals surface area contributed by atoms with Crippen molar-refractivity contribution in [1.29, 1.82) is 0 Å². The molecule has 1 atom stereocenters. The molecule has 2 N–H and O–H groups in total. The van der Waals surface area contributed by atoms with Gasteiger partial charge in [0.25, 0.3) is 0 Å². The first-order chi connectivity index (χ1) is 9.66. The Labute approximate surface area is 125 Å². The van der Waals surface area contributed by atoms with Crippen molar-refractivity contribution in [2.75, 3.05) is 25.9 Å². The Morgan fingerprint density at radius 1 is 1.29 bits per heavy atom. The first-order valence-corrected chi connectivity index (χ1v) is 10.0. The van der Waals surface area contributed by atoms with E-state index < -0.39 is 19.9 Å². The highest BCUT2D eigenvalue weighted by atomic mass is 32.2. The maximum absolute atomic E-state index is 12.7. The van der Waals surface area contributed by atoms with Gasteiger partial charge in [0.05, 0.1) is 9.79 Å². The van der Waals surface area contributed by atoms with E-state index in [1.54, 1.807) is 6.92 Å². The molecule has 0 saturated carbocycles. The number of hydrogen-bond acceptors (Lipinski definition) is 5. The SMILES string of the molecule is Cc1ccc(S(C)(=O)=O)cc1S(=O)(=O)N1CCC(CN)C1. The quantitative estimate of drug-likeness (QED) is 0.859. The number of nitrogens with two attached hydrogens (primary N) is 1. The molecule has 1 heterocycles. The Morgan fingerprint density at radius 3 is 2.48 bits per heavy atom. The predicted molar refractivity (Wildman–Crippen MR) is 80.2 cm³/mol. The molecule has 8 heteroatoms. The minimum Gasteiger partial charge on any atom is -0.330 e. The Hall–Kier alpha value is -0.960. The lowest BCUT2D eigenvalue weighted by molar-refractivity contribution is 0.458. The predicted octanol–water partition coefficient (Wildman–Crippen LogP) is 0.368. The zero-order valence-corrected chi connectivity index (χ0v) is 13.7. The molecule has 1 aromatic carbocycles. The fourth-order valence-corrected chi connectivity index (χ4v) is 4.94. The van der Waals surface area contributed by atoms with Crippen LogP contribution in [0.25, 0.3) is 0 Å². The highest BCUT2D eigenvalue weighted by molar-refractivity contribution is 7.91. The average molecular weight is 332 g/mol. The van der Waals surface area contributed by atoms with Gasteiger partial charge in [0.2, 0.25) is 10.0 Å². The molecule has 0 amide bonds. The monoisotopic (exact) mass is 332 g/mol. The van der Waals surface area contributed by atoms with Gasteiger partial charge in [-0.25, -0.2) is 16.8 Å². The van der Waals surface area contributed by atoms with Gasteiger partial charge >= 0.3 is 0 Å². The van der Waals surface area contributed by atoms with Crippen LogP contribution in [0.15, 0.2) is 28.0 Å². The van der Waals surface area contributed by atoms with Gasteiger partial charge in [0, 0.05) is 19.3 Å². The van der Waals surface area contributed by atoms with Crippen LogP contribution in [0, 0.1) is 12.8 Å². The van der Waals surface area contributed by atoms with E-state index in [0.717, 1.165) is 12.7 Å². The third-order valence-electron chi connectivity index (χ3n) is 3.79. The molecule has 2 rings (SSSR count). The zero-order valence-electron chi connectivity index (χ0n) is 12.1. The summed E-state index contributed by atoms with van der Waals surface area (Å²) in [7, 11) is -7.13. The number of aryl methyl sites for hydroxylation is 1. The molecule has 0 aliphatic carbocycles. The number of hydrogen-bond donors (Lipinski definition) is 1. The molecular weight excluding hydrogens is 312 g/mol. The normalized spacial score (nSPS) is 20.8. The van der Waals surface area contributed by atoms with Gasteiger partial charge in [-0.3, -0.25) is 0 Å². The van der Waals surface area contributed by atoms with Gasteiger partial charge in [0.15, 0.2) is 9.84 Å². The highest BCUT2D eigenvalue weighted by Gasteiger charge is 2.33. The third-order valence-corrected chi connectivity index (χ3v) is 6.90. The summed E-state index contributed by atoms with van der Waals surface area (Å²) in [6.07, 6.45) is 1.80. The largest absolute Gasteiger partial charge is 0.330 e. The van der Waals surface area contributed by atoms with Crippen LogP contribution in [-0.2, 0) is 19.9 Å². The summed E-state index contributed by atoms with van der Waals surface area (Å²) in [5, 5.41) is 0. The molecule has 118 valence electrons. The smallest absolute Gasteiger partial charge is 0.243 e. The average Bonchev–Trinajstić information content (AvgIpc) is 2.87. The van der Waals surface area contributed by atoms with Gasteiger partial charge in [-0.05, 0) is 43.5 Å². The molecule has 1 aliphatic heterocycles. The van der Waals surface area contributed by atoms with E-state index >= 15 is 0 Å². The summed E-state index contributed by atoms with van der Waals surface area (Å²) < 4.78 is 50.0. The maximum atomic E-state index is 12.7. The Kier molecular flexibility index (Phi) is 4.44. The summed E-state index contributed by atoms with van der Waals surface area (Å²) in [5.74, 6) is 0.165. The number of sulfone groups is 1. The maximum Gasteiger partial charge on any atom is 0.243 e. The number of benzene rings is 1. The number of nitrogens with zero attached hydrogens (tertiary/aromatic N) is 1. The first-order valence-electron chi connectivity index (χ1n) is 6.67. The van der Waals surface area contributed by atoms with Crippen LogP contribution in [0.3, 0.4) is 0 Å². The molecule has 1 unspecified atom stereocenters. The lowest BCUT2D eigenvalue weighted by Crippen LogP contribution is -2.30. The van der Waals surface area contributed by atoms with Crippen LogP contribution in [0.2, 0.25) is 0 Å². The van der Waals surface area contributed by atoms with E-state index in [4.69, 9.17) is 5.73 Å². The van der Waals surface area contributed by atoms with Gasteiger partial charge in [-0.1, -0.05) is 6.07 Å². The summed E-state index contributed by atoms with van der Waals surface area (Å²) >= 11 is 0. The van der Waals surface area contributed by atoms with E-state index in [2.05, 4.69) is 0 Å². The minimum absolute atomic E-state index is 0.0150. The number of sulfonamides is 1. The van der Waals surface area contributed by atoms with Crippen LogP contribution in [-0.4, -0.2) is 47.0 Å². The topological polar surface area (TPSA) is 97.5 Å². The van der Waals surface area contributed by atoms with E-state index in [1.165, 1.54) is 22.5 Å². The molecule has 0 bridgehead atoms. The van der Waals surface area contributed by atoms with Crippen LogP contribution in [0.5, 0.6) is 0 Å². The summed E-state index contributed by atoms with van der Waals surface area (Å²) in [6.45, 7) is 2.93. The van der Waals surface area contributed by atoms with Crippen molar-refractivity contribution in [2.45, 2.75) is 23.1 Å². The Morgan fingerprint density at radius 2 is 1.95 bits per heavy atom. The first kappa shape index (κ1) is 16.4. The van der Waals surface area contributed by atoms with Gasteiger partial charge < -0.3 is 5.73 Å². The molecule has 1 saturated heterocycles. The molecule has 0 aromatic heterocycles. The van der Waals surface area contributed by atoms with Crippen LogP contribution in [0.1, 0.15) is 12.0 Å². The molecule has 6 nitrogen and oxygen atoms in total. The van der Waals surface area contributed by atoms with Crippen molar-refractivity contribution in [3.05, 3.63) is 23.8 Å². The lowest BCUT2D eigenvalue weighted by atomic mass is 10.1. The van der Waals surface area contributed by atoms with E-state index in [-0.39, 0.29) is 15.7 Å². The third kappa shape index (κ3) is 3.28. The second kappa shape index (κ2) is 5.68. The van der Waals surface area contributed by atoms with Crippen LogP contribution in [0.4, 0.5) is 0 Å². The second-order valence-corrected chi connectivity index (χ2v) is 9.38. The van der Waals surface area contributed by atoms with Crippen molar-refractivity contribution in [3.63, 3.8) is 0 Å². The van der Waals surface area contributed by atoms with Crippen LogP contribution >= 0.6 is 0 Å². The van der Waals surface area contributed by atoms with Crippen molar-refractivity contribution in [1.82, 2.24) is 4.31 Å². The van der Waals surface area contributed by atoms with Gasteiger partial charge in [-0.15, -0.1) is 0 Å². The fourth-order valence-electron chi connectivity index (χ4n) is 2.44. The van der Waals surface area contributed by atoms with E-state index in [1.807, 2.05) is 0 Å². The zero-order chi connectivity index (χ0) is 15.8. The minimum atomic E-state index is -3.68. The molecule has 21 heavy (non-hydrogen) atoms. The molecule has 1 fully saturated rings. The Bertz CT molecular complexity index is 741. The summed E-state index contributed by atoms with van der Waals surface area (Å²) in [4.78, 5) is 0.0735. The molecule has 1 aromatic rings. The summed E-state index contributed by atoms with van der Waals surface area (Å²) in [5.41, 5.74) is 6.13. The van der Waals surface area contributed by atoms with Crippen molar-refractivity contribution in [3.8, 4) is 0 Å². The molecule has 1 aliphatic rings. The van der Waals surface area contributed by atoms with Crippen molar-refractivity contribution < 1.29 is 16.8 Å². The fraction of sp³-hybridized carbons (Fsp3) is 0.538. The Balaban J connectivity index is 2.45. The van der Waals surface area contributed by atoms with E-state index in [9.17, 15) is 16.8 Å². The standard InChI is InChI=1S/C13H20N2O4S2/c1-10-3-4-12(20(2,16)17)7-13(10)21(18,19)15-6-5-11(8-14)9-15/h3-4,7,11H,5-6,8-9,14H2,1-2H3. The highest BCUT2D eigenvalue weighted by Crippen LogP contribution is 2.27. The van der Waals surface area contributed by atoms with E-state index in [0.29, 0.717) is 25.2 Å². The second-order valence-electron chi connectivity index (χ2n) is 5.45. The molecular formula is C13H20N2O4S2. The van der Waals surface area contributed by atoms with Crippen molar-refractivity contribution in [2.24, 2.45) is 11.7 Å². The van der Waals surface area contributed by atoms with Gasteiger partial charge in [0.1, 0.15) is 0 Å². The van der Waals surface area contributed by atoms with Crippen molar-refractivity contribution >= 4 is 19.9 Å². The lowest BCUT2D eigenvalue weighted by Gasteiger charge is -2.18. The van der Waals surface area contributed by atoms with Crippen LogP contribution < -0.4 is 5.73 Å². The molecule has 0 radical (unpaired) electrons. The molecule has 0 spiro atoms. The number of rotatable bonds is 4. The summed E-state index contributed by atoms with van der Waals surface area (Å²) in [6, 6.07) is 4.20.